The first-order valence-corrected chi connectivity index (χ1v) is 3.59. The fraction of sp³-hybridized carbons (Fsp3) is 0.625. The van der Waals surface area contributed by atoms with Gasteiger partial charge in [-0.1, -0.05) is 19.1 Å². The molecule has 0 saturated carbocycles. The predicted octanol–water partition coefficient (Wildman–Crippen LogP) is 1.67. The van der Waals surface area contributed by atoms with E-state index in [1.54, 1.807) is 0 Å². The SMILES string of the molecule is C[C@H]1CC=CC[C@H]1C(=O)O. The normalized spacial score (nSPS) is 32.1. The highest BCUT2D eigenvalue weighted by Crippen LogP contribution is 2.24. The van der Waals surface area contributed by atoms with Crippen LogP contribution in [0.5, 0.6) is 0 Å². The van der Waals surface area contributed by atoms with Gasteiger partial charge in [0.25, 0.3) is 0 Å². The van der Waals surface area contributed by atoms with Gasteiger partial charge in [-0.15, -0.1) is 0 Å². The molecule has 0 fully saturated rings. The zero-order chi connectivity index (χ0) is 7.56. The van der Waals surface area contributed by atoms with Gasteiger partial charge in [-0.2, -0.15) is 0 Å². The van der Waals surface area contributed by atoms with Gasteiger partial charge in [-0.25, -0.2) is 0 Å². The fourth-order valence-corrected chi connectivity index (χ4v) is 1.29. The summed E-state index contributed by atoms with van der Waals surface area (Å²) < 4.78 is 0. The van der Waals surface area contributed by atoms with Crippen molar-refractivity contribution in [2.24, 2.45) is 11.8 Å². The lowest BCUT2D eigenvalue weighted by Crippen LogP contribution is -2.22. The maximum atomic E-state index is 10.5. The Kier molecular flexibility index (Phi) is 2.10. The van der Waals surface area contributed by atoms with Gasteiger partial charge in [0.05, 0.1) is 5.92 Å². The molecule has 1 N–H and O–H groups in total. The van der Waals surface area contributed by atoms with Crippen molar-refractivity contribution in [3.8, 4) is 0 Å². The molecule has 0 radical (unpaired) electrons. The number of rotatable bonds is 1. The van der Waals surface area contributed by atoms with Crippen molar-refractivity contribution in [3.05, 3.63) is 12.2 Å². The summed E-state index contributed by atoms with van der Waals surface area (Å²) in [7, 11) is 0. The van der Waals surface area contributed by atoms with Crippen molar-refractivity contribution in [2.75, 3.05) is 0 Å². The van der Waals surface area contributed by atoms with Gasteiger partial charge in [0.15, 0.2) is 0 Å². The minimum Gasteiger partial charge on any atom is -0.481 e. The van der Waals surface area contributed by atoms with Crippen LogP contribution in [-0.4, -0.2) is 11.1 Å². The van der Waals surface area contributed by atoms with E-state index in [0.29, 0.717) is 12.3 Å². The van der Waals surface area contributed by atoms with E-state index in [2.05, 4.69) is 6.08 Å². The molecule has 1 aliphatic carbocycles. The van der Waals surface area contributed by atoms with E-state index in [0.717, 1.165) is 6.42 Å². The summed E-state index contributed by atoms with van der Waals surface area (Å²) in [4.78, 5) is 10.5. The topological polar surface area (TPSA) is 37.3 Å². The molecular formula is C8H12O2. The highest BCUT2D eigenvalue weighted by atomic mass is 16.4. The molecule has 0 spiro atoms. The lowest BCUT2D eigenvalue weighted by atomic mass is 9.85. The number of hydrogen-bond donors (Lipinski definition) is 1. The average molecular weight is 140 g/mol. The van der Waals surface area contributed by atoms with E-state index in [-0.39, 0.29) is 5.92 Å². The Morgan fingerprint density at radius 1 is 1.50 bits per heavy atom. The van der Waals surface area contributed by atoms with E-state index >= 15 is 0 Å². The zero-order valence-corrected chi connectivity index (χ0v) is 6.08. The van der Waals surface area contributed by atoms with Gasteiger partial charge in [-0.3, -0.25) is 4.79 Å². The van der Waals surface area contributed by atoms with Crippen LogP contribution in [0.25, 0.3) is 0 Å². The van der Waals surface area contributed by atoms with Crippen LogP contribution in [0.2, 0.25) is 0 Å². The first-order chi connectivity index (χ1) is 4.72. The first-order valence-electron chi connectivity index (χ1n) is 3.59. The van der Waals surface area contributed by atoms with Crippen LogP contribution in [0.4, 0.5) is 0 Å². The fourth-order valence-electron chi connectivity index (χ4n) is 1.29. The number of aliphatic carboxylic acids is 1. The van der Waals surface area contributed by atoms with E-state index in [4.69, 9.17) is 5.11 Å². The summed E-state index contributed by atoms with van der Waals surface area (Å²) in [5.74, 6) is -0.496. The minimum atomic E-state index is -0.656. The lowest BCUT2D eigenvalue weighted by Gasteiger charge is -2.20. The van der Waals surface area contributed by atoms with Crippen LogP contribution in [0.1, 0.15) is 19.8 Å². The van der Waals surface area contributed by atoms with Gasteiger partial charge in [0.2, 0.25) is 0 Å². The van der Waals surface area contributed by atoms with Crippen molar-refractivity contribution in [2.45, 2.75) is 19.8 Å². The maximum Gasteiger partial charge on any atom is 0.307 e. The van der Waals surface area contributed by atoms with E-state index in [9.17, 15) is 4.79 Å². The molecule has 0 saturated heterocycles. The molecule has 0 aliphatic heterocycles. The summed E-state index contributed by atoms with van der Waals surface area (Å²) >= 11 is 0. The number of carboxylic acids is 1. The summed E-state index contributed by atoms with van der Waals surface area (Å²) in [6.07, 6.45) is 5.64. The van der Waals surface area contributed by atoms with Crippen molar-refractivity contribution in [1.82, 2.24) is 0 Å². The summed E-state index contributed by atoms with van der Waals surface area (Å²) in [5, 5.41) is 8.67. The third-order valence-corrected chi connectivity index (χ3v) is 2.07. The molecule has 56 valence electrons. The van der Waals surface area contributed by atoms with E-state index in [1.165, 1.54) is 0 Å². The summed E-state index contributed by atoms with van der Waals surface area (Å²) in [5.41, 5.74) is 0. The van der Waals surface area contributed by atoms with E-state index in [1.807, 2.05) is 13.0 Å². The smallest absolute Gasteiger partial charge is 0.307 e. The highest BCUT2D eigenvalue weighted by molar-refractivity contribution is 5.70. The Morgan fingerprint density at radius 2 is 2.10 bits per heavy atom. The average Bonchev–Trinajstić information content (AvgIpc) is 1.88. The molecule has 0 heterocycles. The molecule has 2 nitrogen and oxygen atoms in total. The van der Waals surface area contributed by atoms with Crippen LogP contribution >= 0.6 is 0 Å². The Bertz CT molecular complexity index is 161. The van der Waals surface area contributed by atoms with Crippen LogP contribution in [0, 0.1) is 11.8 Å². The highest BCUT2D eigenvalue weighted by Gasteiger charge is 2.24. The van der Waals surface area contributed by atoms with Gasteiger partial charge < -0.3 is 5.11 Å². The van der Waals surface area contributed by atoms with E-state index < -0.39 is 5.97 Å². The van der Waals surface area contributed by atoms with Gasteiger partial charge in [0, 0.05) is 0 Å². The van der Waals surface area contributed by atoms with Crippen LogP contribution < -0.4 is 0 Å². The molecule has 1 aliphatic rings. The molecular weight excluding hydrogens is 128 g/mol. The van der Waals surface area contributed by atoms with Gasteiger partial charge in [0.1, 0.15) is 0 Å². The molecule has 0 bridgehead atoms. The van der Waals surface area contributed by atoms with Gasteiger partial charge in [-0.05, 0) is 18.8 Å². The first kappa shape index (κ1) is 7.32. The Balaban J connectivity index is 2.59. The molecule has 0 aromatic carbocycles. The van der Waals surface area contributed by atoms with Crippen molar-refractivity contribution in [1.29, 1.82) is 0 Å². The minimum absolute atomic E-state index is 0.148. The van der Waals surface area contributed by atoms with Crippen LogP contribution in [0.15, 0.2) is 12.2 Å². The second-order valence-corrected chi connectivity index (χ2v) is 2.86. The Labute approximate surface area is 60.6 Å². The quantitative estimate of drug-likeness (QED) is 0.562. The second kappa shape index (κ2) is 2.86. The molecule has 1 rings (SSSR count). The van der Waals surface area contributed by atoms with Crippen LogP contribution in [0.3, 0.4) is 0 Å². The Morgan fingerprint density at radius 3 is 2.50 bits per heavy atom. The van der Waals surface area contributed by atoms with Crippen molar-refractivity contribution < 1.29 is 9.90 Å². The van der Waals surface area contributed by atoms with Crippen molar-refractivity contribution >= 4 is 5.97 Å². The third-order valence-electron chi connectivity index (χ3n) is 2.07. The molecule has 2 atom stereocenters. The summed E-state index contributed by atoms with van der Waals surface area (Å²) in [6, 6.07) is 0. The predicted molar refractivity (Wildman–Crippen MR) is 38.7 cm³/mol. The zero-order valence-electron chi connectivity index (χ0n) is 6.08. The summed E-state index contributed by atoms with van der Waals surface area (Å²) in [6.45, 7) is 1.99. The molecule has 0 aromatic rings. The largest absolute Gasteiger partial charge is 0.481 e. The lowest BCUT2D eigenvalue weighted by molar-refractivity contribution is -0.143. The number of carbonyl (C=O) groups is 1. The standard InChI is InChI=1S/C8H12O2/c1-6-4-2-3-5-7(6)8(9)10/h2-3,6-7H,4-5H2,1H3,(H,9,10)/t6-,7+/m0/s1. The van der Waals surface area contributed by atoms with Gasteiger partial charge >= 0.3 is 5.97 Å². The molecule has 2 heteroatoms. The monoisotopic (exact) mass is 140 g/mol. The molecule has 0 amide bonds. The number of carboxylic acid groups (broad SMARTS) is 1. The van der Waals surface area contributed by atoms with Crippen molar-refractivity contribution in [3.63, 3.8) is 0 Å². The molecule has 0 aromatic heterocycles. The number of hydrogen-bond acceptors (Lipinski definition) is 1. The second-order valence-electron chi connectivity index (χ2n) is 2.86. The van der Waals surface area contributed by atoms with Crippen LogP contribution in [-0.2, 0) is 4.79 Å². The maximum absolute atomic E-state index is 10.5. The number of allylic oxidation sites excluding steroid dienone is 2. The molecule has 0 unspecified atom stereocenters. The third kappa shape index (κ3) is 1.38. The Hall–Kier alpha value is -0.790. The molecule has 10 heavy (non-hydrogen) atoms.